The van der Waals surface area contributed by atoms with E-state index in [4.69, 9.17) is 15.9 Å². The van der Waals surface area contributed by atoms with Gasteiger partial charge < -0.3 is 15.9 Å². The standard InChI is InChI=1S/C8H13N5O/c1-11-7(9)13-8(10)12-4-6-2-3-14-5-6/h2-3,5H,4H2,1H3,(H5,9,10,11,12,13). The van der Waals surface area contributed by atoms with Gasteiger partial charge in [-0.2, -0.15) is 0 Å². The molecule has 76 valence electrons. The van der Waals surface area contributed by atoms with Crippen LogP contribution in [0.1, 0.15) is 5.56 Å². The summed E-state index contributed by atoms with van der Waals surface area (Å²) in [6.07, 6.45) is 3.18. The minimum atomic E-state index is 0.231. The zero-order valence-corrected chi connectivity index (χ0v) is 7.90. The highest BCUT2D eigenvalue weighted by atomic mass is 16.3. The summed E-state index contributed by atoms with van der Waals surface area (Å²) in [6.45, 7) is 0.451. The van der Waals surface area contributed by atoms with Crippen molar-refractivity contribution in [2.45, 2.75) is 6.54 Å². The maximum absolute atomic E-state index is 5.51. The van der Waals surface area contributed by atoms with E-state index in [1.54, 1.807) is 19.6 Å². The number of nitrogens with zero attached hydrogens (tertiary/aromatic N) is 2. The maximum Gasteiger partial charge on any atom is 0.195 e. The van der Waals surface area contributed by atoms with E-state index in [1.807, 2.05) is 6.07 Å². The molecule has 0 spiro atoms. The molecule has 1 rings (SSSR count). The average Bonchev–Trinajstić information content (AvgIpc) is 2.67. The van der Waals surface area contributed by atoms with E-state index < -0.39 is 0 Å². The average molecular weight is 195 g/mol. The van der Waals surface area contributed by atoms with E-state index in [1.165, 1.54) is 0 Å². The first kappa shape index (κ1) is 10.1. The van der Waals surface area contributed by atoms with E-state index in [0.29, 0.717) is 6.54 Å². The van der Waals surface area contributed by atoms with Crippen molar-refractivity contribution in [3.63, 3.8) is 0 Å². The molecular formula is C8H13N5O. The summed E-state index contributed by atoms with van der Waals surface area (Å²) in [4.78, 5) is 7.69. The topological polar surface area (TPSA) is 102 Å². The second kappa shape index (κ2) is 4.90. The number of furan rings is 1. The van der Waals surface area contributed by atoms with E-state index in [-0.39, 0.29) is 11.9 Å². The van der Waals surface area contributed by atoms with E-state index in [9.17, 15) is 0 Å². The van der Waals surface area contributed by atoms with Gasteiger partial charge in [0.15, 0.2) is 11.9 Å². The van der Waals surface area contributed by atoms with Crippen molar-refractivity contribution < 1.29 is 4.42 Å². The number of nitrogens with two attached hydrogens (primary N) is 2. The van der Waals surface area contributed by atoms with Crippen LogP contribution in [0.3, 0.4) is 0 Å². The van der Waals surface area contributed by atoms with Crippen molar-refractivity contribution >= 4 is 11.9 Å². The number of guanidine groups is 2. The van der Waals surface area contributed by atoms with Crippen LogP contribution in [0.2, 0.25) is 0 Å². The van der Waals surface area contributed by atoms with Crippen molar-refractivity contribution in [1.29, 1.82) is 0 Å². The van der Waals surface area contributed by atoms with Gasteiger partial charge in [0.2, 0.25) is 0 Å². The fourth-order valence-electron chi connectivity index (χ4n) is 0.786. The summed E-state index contributed by atoms with van der Waals surface area (Å²) < 4.78 is 4.87. The molecule has 14 heavy (non-hydrogen) atoms. The lowest BCUT2D eigenvalue weighted by molar-refractivity contribution is 0.564. The van der Waals surface area contributed by atoms with Crippen LogP contribution >= 0.6 is 0 Å². The van der Waals surface area contributed by atoms with E-state index in [2.05, 4.69) is 15.3 Å². The molecule has 0 aromatic carbocycles. The molecule has 0 saturated heterocycles. The molecule has 0 fully saturated rings. The first-order valence-corrected chi connectivity index (χ1v) is 4.02. The zero-order chi connectivity index (χ0) is 10.4. The van der Waals surface area contributed by atoms with Gasteiger partial charge in [0.1, 0.15) is 0 Å². The summed E-state index contributed by atoms with van der Waals surface area (Å²) in [7, 11) is 1.56. The minimum Gasteiger partial charge on any atom is -0.472 e. The van der Waals surface area contributed by atoms with Crippen molar-refractivity contribution in [1.82, 2.24) is 5.32 Å². The Morgan fingerprint density at radius 1 is 1.50 bits per heavy atom. The third-order valence-electron chi connectivity index (χ3n) is 1.51. The largest absolute Gasteiger partial charge is 0.472 e. The highest BCUT2D eigenvalue weighted by Crippen LogP contribution is 2.00. The molecule has 0 amide bonds. The molecule has 1 heterocycles. The van der Waals surface area contributed by atoms with Gasteiger partial charge in [-0.25, -0.2) is 4.99 Å². The normalized spacial score (nSPS) is 12.9. The molecule has 1 aromatic heterocycles. The first-order chi connectivity index (χ1) is 6.72. The Labute approximate surface area is 81.7 Å². The monoisotopic (exact) mass is 195 g/mol. The Bertz CT molecular complexity index is 328. The van der Waals surface area contributed by atoms with Crippen molar-refractivity contribution in [3.8, 4) is 0 Å². The van der Waals surface area contributed by atoms with Crippen LogP contribution in [0.5, 0.6) is 0 Å². The quantitative estimate of drug-likeness (QED) is 0.442. The lowest BCUT2D eigenvalue weighted by Crippen LogP contribution is -2.41. The Morgan fingerprint density at radius 3 is 2.86 bits per heavy atom. The number of nitrogens with one attached hydrogen (secondary N) is 1. The fraction of sp³-hybridized carbons (Fsp3) is 0.250. The predicted molar refractivity (Wildman–Crippen MR) is 54.7 cm³/mol. The fourth-order valence-corrected chi connectivity index (χ4v) is 0.786. The molecule has 0 aliphatic carbocycles. The Hall–Kier alpha value is -1.98. The predicted octanol–water partition coefficient (Wildman–Crippen LogP) is -0.372. The summed E-state index contributed by atoms with van der Waals surface area (Å²) >= 11 is 0. The molecule has 0 saturated carbocycles. The molecule has 0 radical (unpaired) electrons. The molecule has 0 unspecified atom stereocenters. The highest BCUT2D eigenvalue weighted by molar-refractivity contribution is 5.96. The van der Waals surface area contributed by atoms with Crippen molar-refractivity contribution in [2.75, 3.05) is 7.05 Å². The number of hydrogen-bond acceptors (Lipinski definition) is 3. The Kier molecular flexibility index (Phi) is 3.54. The van der Waals surface area contributed by atoms with Crippen LogP contribution in [0.15, 0.2) is 33.0 Å². The van der Waals surface area contributed by atoms with Crippen molar-refractivity contribution in [2.24, 2.45) is 21.5 Å². The molecular weight excluding hydrogens is 182 g/mol. The smallest absolute Gasteiger partial charge is 0.195 e. The van der Waals surface area contributed by atoms with Crippen LogP contribution < -0.4 is 16.8 Å². The molecule has 0 aliphatic heterocycles. The SMILES string of the molecule is CN=C(N)NC(N)=NCc1ccoc1. The summed E-state index contributed by atoms with van der Waals surface area (Å²) in [5.74, 6) is 0.466. The number of aliphatic imine (C=N–C) groups is 2. The van der Waals surface area contributed by atoms with Crippen LogP contribution in [0, 0.1) is 0 Å². The highest BCUT2D eigenvalue weighted by Gasteiger charge is 1.95. The van der Waals surface area contributed by atoms with E-state index in [0.717, 1.165) is 5.56 Å². The van der Waals surface area contributed by atoms with Gasteiger partial charge in [0, 0.05) is 12.6 Å². The minimum absolute atomic E-state index is 0.231. The van der Waals surface area contributed by atoms with Crippen LogP contribution in [0.25, 0.3) is 0 Å². The summed E-state index contributed by atoms with van der Waals surface area (Å²) in [6, 6.07) is 1.81. The summed E-state index contributed by atoms with van der Waals surface area (Å²) in [5, 5.41) is 2.62. The first-order valence-electron chi connectivity index (χ1n) is 4.02. The van der Waals surface area contributed by atoms with Gasteiger partial charge in [-0.3, -0.25) is 10.3 Å². The molecule has 0 bridgehead atoms. The van der Waals surface area contributed by atoms with Gasteiger partial charge >= 0.3 is 0 Å². The lowest BCUT2D eigenvalue weighted by atomic mass is 10.3. The Balaban J connectivity index is 2.45. The van der Waals surface area contributed by atoms with Gasteiger partial charge in [0.05, 0.1) is 19.1 Å². The third-order valence-corrected chi connectivity index (χ3v) is 1.51. The second-order valence-electron chi connectivity index (χ2n) is 2.57. The lowest BCUT2D eigenvalue weighted by Gasteiger charge is -2.02. The van der Waals surface area contributed by atoms with Crippen LogP contribution in [-0.2, 0) is 6.54 Å². The molecule has 0 atom stereocenters. The number of rotatable bonds is 2. The van der Waals surface area contributed by atoms with Crippen LogP contribution in [0.4, 0.5) is 0 Å². The van der Waals surface area contributed by atoms with Gasteiger partial charge in [0.25, 0.3) is 0 Å². The van der Waals surface area contributed by atoms with Crippen molar-refractivity contribution in [3.05, 3.63) is 24.2 Å². The molecule has 6 heteroatoms. The van der Waals surface area contributed by atoms with Crippen LogP contribution in [-0.4, -0.2) is 19.0 Å². The zero-order valence-electron chi connectivity index (χ0n) is 7.90. The second-order valence-corrected chi connectivity index (χ2v) is 2.57. The van der Waals surface area contributed by atoms with E-state index >= 15 is 0 Å². The molecule has 1 aromatic rings. The van der Waals surface area contributed by atoms with Gasteiger partial charge in [-0.05, 0) is 6.07 Å². The molecule has 0 aliphatic rings. The Morgan fingerprint density at radius 2 is 2.29 bits per heavy atom. The van der Waals surface area contributed by atoms with Gasteiger partial charge in [-0.15, -0.1) is 0 Å². The molecule has 6 nitrogen and oxygen atoms in total. The third kappa shape index (κ3) is 3.18. The number of hydrogen-bond donors (Lipinski definition) is 3. The maximum atomic E-state index is 5.51. The summed E-state index contributed by atoms with van der Waals surface area (Å²) in [5.41, 5.74) is 11.8. The van der Waals surface area contributed by atoms with Gasteiger partial charge in [-0.1, -0.05) is 0 Å². The molecule has 5 N–H and O–H groups in total.